The van der Waals surface area contributed by atoms with Gasteiger partial charge in [0.2, 0.25) is 0 Å². The average Bonchev–Trinajstić information content (AvgIpc) is 2.01. The third-order valence-corrected chi connectivity index (χ3v) is 3.45. The van der Waals surface area contributed by atoms with Crippen LogP contribution in [0, 0.1) is 6.92 Å². The number of hydrogen-bond donors (Lipinski definition) is 2. The van der Waals surface area contributed by atoms with Crippen LogP contribution in [-0.4, -0.2) is 21.2 Å². The van der Waals surface area contributed by atoms with Crippen LogP contribution in [0.5, 0.6) is 0 Å². The molecule has 0 spiro atoms. The van der Waals surface area contributed by atoms with E-state index in [1.165, 1.54) is 0 Å². The van der Waals surface area contributed by atoms with E-state index in [2.05, 4.69) is 0 Å². The van der Waals surface area contributed by atoms with Gasteiger partial charge in [-0.2, -0.15) is 0 Å². The van der Waals surface area contributed by atoms with Gasteiger partial charge in [-0.1, -0.05) is 6.07 Å². The standard InChI is InChI=1S/C10H15NO2S/c1-7-3-4-10(9(11)5-7)14(13)6-8(2)12/h3-5,8,12H,6,11H2,1-2H3. The minimum Gasteiger partial charge on any atom is -0.398 e. The van der Waals surface area contributed by atoms with Crippen LogP contribution in [-0.2, 0) is 10.8 Å². The molecule has 0 aliphatic rings. The Kier molecular flexibility index (Phi) is 3.66. The van der Waals surface area contributed by atoms with Gasteiger partial charge in [0.25, 0.3) is 0 Å². The van der Waals surface area contributed by atoms with Crippen molar-refractivity contribution in [3.05, 3.63) is 23.8 Å². The summed E-state index contributed by atoms with van der Waals surface area (Å²) < 4.78 is 11.7. The number of nitrogens with two attached hydrogens (primary N) is 1. The Hall–Kier alpha value is -0.870. The fourth-order valence-electron chi connectivity index (χ4n) is 1.18. The number of benzene rings is 1. The van der Waals surface area contributed by atoms with Gasteiger partial charge in [-0.15, -0.1) is 0 Å². The fourth-order valence-corrected chi connectivity index (χ4v) is 2.34. The third kappa shape index (κ3) is 2.82. The van der Waals surface area contributed by atoms with Crippen molar-refractivity contribution in [3.63, 3.8) is 0 Å². The number of anilines is 1. The zero-order chi connectivity index (χ0) is 10.7. The molecule has 78 valence electrons. The number of aliphatic hydroxyl groups is 1. The summed E-state index contributed by atoms with van der Waals surface area (Å²) in [6.45, 7) is 3.54. The topological polar surface area (TPSA) is 63.3 Å². The molecule has 4 heteroatoms. The summed E-state index contributed by atoms with van der Waals surface area (Å²) in [6, 6.07) is 5.41. The maximum Gasteiger partial charge on any atom is 0.0630 e. The minimum absolute atomic E-state index is 0.229. The first-order valence-electron chi connectivity index (χ1n) is 4.43. The van der Waals surface area contributed by atoms with Crippen molar-refractivity contribution in [1.82, 2.24) is 0 Å². The molecule has 0 aliphatic carbocycles. The summed E-state index contributed by atoms with van der Waals surface area (Å²) in [5.74, 6) is 0.229. The van der Waals surface area contributed by atoms with Gasteiger partial charge in [0, 0.05) is 5.69 Å². The molecule has 0 bridgehead atoms. The van der Waals surface area contributed by atoms with E-state index in [1.54, 1.807) is 19.1 Å². The summed E-state index contributed by atoms with van der Waals surface area (Å²) in [4.78, 5) is 0.608. The van der Waals surface area contributed by atoms with Crippen LogP contribution in [0.2, 0.25) is 0 Å². The molecule has 14 heavy (non-hydrogen) atoms. The summed E-state index contributed by atoms with van der Waals surface area (Å²) >= 11 is 0. The molecule has 1 aromatic rings. The number of rotatable bonds is 3. The number of nitrogen functional groups attached to an aromatic ring is 1. The average molecular weight is 213 g/mol. The van der Waals surface area contributed by atoms with Crippen LogP contribution >= 0.6 is 0 Å². The predicted octanol–water partition coefficient (Wildman–Crippen LogP) is 1.07. The monoisotopic (exact) mass is 213 g/mol. The molecule has 0 fully saturated rings. The summed E-state index contributed by atoms with van der Waals surface area (Å²) in [5.41, 5.74) is 7.30. The number of aryl methyl sites for hydroxylation is 1. The van der Waals surface area contributed by atoms with Crippen LogP contribution in [0.25, 0.3) is 0 Å². The predicted molar refractivity (Wildman–Crippen MR) is 58.5 cm³/mol. The second-order valence-corrected chi connectivity index (χ2v) is 4.87. The fraction of sp³-hybridized carbons (Fsp3) is 0.400. The van der Waals surface area contributed by atoms with Crippen molar-refractivity contribution in [2.24, 2.45) is 0 Å². The Balaban J connectivity index is 2.90. The highest BCUT2D eigenvalue weighted by molar-refractivity contribution is 7.85. The molecular weight excluding hydrogens is 198 g/mol. The molecule has 2 unspecified atom stereocenters. The maximum atomic E-state index is 11.7. The first-order valence-corrected chi connectivity index (χ1v) is 5.75. The zero-order valence-electron chi connectivity index (χ0n) is 8.36. The van der Waals surface area contributed by atoms with Gasteiger partial charge in [0.1, 0.15) is 0 Å². The molecule has 1 aromatic carbocycles. The molecule has 0 aromatic heterocycles. The Bertz CT molecular complexity index is 350. The van der Waals surface area contributed by atoms with Gasteiger partial charge >= 0.3 is 0 Å². The summed E-state index contributed by atoms with van der Waals surface area (Å²) in [7, 11) is -1.21. The molecule has 0 amide bonds. The quantitative estimate of drug-likeness (QED) is 0.738. The molecule has 3 N–H and O–H groups in total. The maximum absolute atomic E-state index is 11.7. The summed E-state index contributed by atoms with van der Waals surface area (Å²) in [5, 5.41) is 9.10. The third-order valence-electron chi connectivity index (χ3n) is 1.80. The lowest BCUT2D eigenvalue weighted by Gasteiger charge is -2.07. The molecule has 2 atom stereocenters. The Morgan fingerprint density at radius 1 is 1.57 bits per heavy atom. The van der Waals surface area contributed by atoms with Crippen LogP contribution in [0.15, 0.2) is 23.1 Å². The van der Waals surface area contributed by atoms with Crippen molar-refractivity contribution in [2.75, 3.05) is 11.5 Å². The summed E-state index contributed by atoms with van der Waals surface area (Å²) in [6.07, 6.45) is -0.573. The number of hydrogen-bond acceptors (Lipinski definition) is 3. The lowest BCUT2D eigenvalue weighted by molar-refractivity contribution is 0.219. The van der Waals surface area contributed by atoms with Crippen molar-refractivity contribution in [2.45, 2.75) is 24.8 Å². The van der Waals surface area contributed by atoms with Crippen LogP contribution in [0.3, 0.4) is 0 Å². The van der Waals surface area contributed by atoms with E-state index in [0.717, 1.165) is 5.56 Å². The van der Waals surface area contributed by atoms with Crippen molar-refractivity contribution in [3.8, 4) is 0 Å². The lowest BCUT2D eigenvalue weighted by Crippen LogP contribution is -2.13. The van der Waals surface area contributed by atoms with E-state index in [0.29, 0.717) is 10.6 Å². The first-order chi connectivity index (χ1) is 6.50. The van der Waals surface area contributed by atoms with E-state index in [9.17, 15) is 4.21 Å². The highest BCUT2D eigenvalue weighted by Gasteiger charge is 2.10. The van der Waals surface area contributed by atoms with Gasteiger partial charge in [0.05, 0.1) is 27.6 Å². The molecule has 0 heterocycles. The van der Waals surface area contributed by atoms with Gasteiger partial charge in [-0.25, -0.2) is 0 Å². The second-order valence-electron chi connectivity index (χ2n) is 3.40. The molecular formula is C10H15NO2S. The molecule has 0 aliphatic heterocycles. The first kappa shape index (κ1) is 11.2. The Morgan fingerprint density at radius 2 is 2.21 bits per heavy atom. The zero-order valence-corrected chi connectivity index (χ0v) is 9.17. The van der Waals surface area contributed by atoms with E-state index >= 15 is 0 Å². The van der Waals surface area contributed by atoms with Crippen molar-refractivity contribution in [1.29, 1.82) is 0 Å². The molecule has 3 nitrogen and oxygen atoms in total. The Morgan fingerprint density at radius 3 is 2.71 bits per heavy atom. The molecule has 1 rings (SSSR count). The van der Waals surface area contributed by atoms with Gasteiger partial charge < -0.3 is 10.8 Å². The second kappa shape index (κ2) is 4.57. The highest BCUT2D eigenvalue weighted by Crippen LogP contribution is 2.18. The smallest absolute Gasteiger partial charge is 0.0630 e. The minimum atomic E-state index is -1.21. The Labute approximate surface area is 86.4 Å². The largest absolute Gasteiger partial charge is 0.398 e. The van der Waals surface area contributed by atoms with Crippen LogP contribution in [0.4, 0.5) is 5.69 Å². The van der Waals surface area contributed by atoms with Crippen molar-refractivity contribution < 1.29 is 9.32 Å². The SMILES string of the molecule is Cc1ccc(S(=O)CC(C)O)c(N)c1. The van der Waals surface area contributed by atoms with Crippen LogP contribution < -0.4 is 5.73 Å². The normalized spacial score (nSPS) is 15.1. The number of aliphatic hydroxyl groups excluding tert-OH is 1. The molecule has 0 radical (unpaired) electrons. The molecule has 0 saturated heterocycles. The molecule has 0 saturated carbocycles. The van der Waals surface area contributed by atoms with E-state index in [-0.39, 0.29) is 5.75 Å². The van der Waals surface area contributed by atoms with E-state index in [4.69, 9.17) is 10.8 Å². The van der Waals surface area contributed by atoms with E-state index < -0.39 is 16.9 Å². The highest BCUT2D eigenvalue weighted by atomic mass is 32.2. The van der Waals surface area contributed by atoms with Gasteiger partial charge in [-0.05, 0) is 31.5 Å². The van der Waals surface area contributed by atoms with Gasteiger partial charge in [0.15, 0.2) is 0 Å². The van der Waals surface area contributed by atoms with Crippen molar-refractivity contribution >= 4 is 16.5 Å². The van der Waals surface area contributed by atoms with Crippen LogP contribution in [0.1, 0.15) is 12.5 Å². The van der Waals surface area contributed by atoms with Gasteiger partial charge in [-0.3, -0.25) is 4.21 Å². The lowest BCUT2D eigenvalue weighted by atomic mass is 10.2. The van der Waals surface area contributed by atoms with E-state index in [1.807, 2.05) is 13.0 Å².